The molecular formula is C11H11F3O. The van der Waals surface area contributed by atoms with E-state index in [4.69, 9.17) is 5.11 Å². The smallest absolute Gasteiger partial charge is 0.396 e. The van der Waals surface area contributed by atoms with Gasteiger partial charge in [-0.05, 0) is 36.0 Å². The maximum atomic E-state index is 12.2. The van der Waals surface area contributed by atoms with Crippen molar-refractivity contribution in [2.75, 3.05) is 6.61 Å². The number of halogens is 3. The monoisotopic (exact) mass is 216 g/mol. The van der Waals surface area contributed by atoms with Crippen LogP contribution in [-0.4, -0.2) is 11.7 Å². The van der Waals surface area contributed by atoms with E-state index in [0.717, 1.165) is 24.1 Å². The van der Waals surface area contributed by atoms with Crippen LogP contribution in [0.3, 0.4) is 0 Å². The number of rotatable bonds is 2. The summed E-state index contributed by atoms with van der Waals surface area (Å²) >= 11 is 0. The Bertz CT molecular complexity index is 342. The molecule has 0 heterocycles. The van der Waals surface area contributed by atoms with Crippen LogP contribution in [0.4, 0.5) is 13.2 Å². The van der Waals surface area contributed by atoms with Gasteiger partial charge in [0.2, 0.25) is 0 Å². The molecule has 82 valence electrons. The SMILES string of the molecule is OC[C@@H]1C[C@@H]1c1ccc(C(F)(F)F)cc1. The van der Waals surface area contributed by atoms with Crippen LogP contribution >= 0.6 is 0 Å². The van der Waals surface area contributed by atoms with Gasteiger partial charge in [0, 0.05) is 6.61 Å². The molecule has 0 amide bonds. The predicted molar refractivity (Wildman–Crippen MR) is 49.4 cm³/mol. The second kappa shape index (κ2) is 3.52. The molecule has 2 rings (SSSR count). The molecule has 0 bridgehead atoms. The topological polar surface area (TPSA) is 20.2 Å². The van der Waals surface area contributed by atoms with Crippen LogP contribution < -0.4 is 0 Å². The minimum absolute atomic E-state index is 0.117. The fraction of sp³-hybridized carbons (Fsp3) is 0.455. The fourth-order valence-corrected chi connectivity index (χ4v) is 1.78. The molecule has 1 N–H and O–H groups in total. The minimum Gasteiger partial charge on any atom is -0.396 e. The molecule has 0 aliphatic heterocycles. The molecule has 1 saturated carbocycles. The van der Waals surface area contributed by atoms with E-state index in [1.165, 1.54) is 12.1 Å². The molecule has 0 saturated heterocycles. The lowest BCUT2D eigenvalue weighted by Crippen LogP contribution is -2.04. The first-order chi connectivity index (χ1) is 7.02. The Balaban J connectivity index is 2.12. The van der Waals surface area contributed by atoms with Crippen molar-refractivity contribution in [2.45, 2.75) is 18.5 Å². The Morgan fingerprint density at radius 2 is 1.80 bits per heavy atom. The maximum Gasteiger partial charge on any atom is 0.416 e. The normalized spacial score (nSPS) is 25.3. The molecule has 1 aromatic rings. The second-order valence-electron chi connectivity index (χ2n) is 3.90. The summed E-state index contributed by atoms with van der Waals surface area (Å²) in [6.07, 6.45) is -3.39. The lowest BCUT2D eigenvalue weighted by atomic mass is 10.1. The van der Waals surface area contributed by atoms with Gasteiger partial charge < -0.3 is 5.11 Å². The predicted octanol–water partition coefficient (Wildman–Crippen LogP) is 2.80. The first kappa shape index (κ1) is 10.5. The molecule has 1 nitrogen and oxygen atoms in total. The number of alkyl halides is 3. The van der Waals surface area contributed by atoms with Crippen LogP contribution in [0.15, 0.2) is 24.3 Å². The van der Waals surface area contributed by atoms with E-state index in [9.17, 15) is 13.2 Å². The molecule has 2 atom stereocenters. The maximum absolute atomic E-state index is 12.2. The van der Waals surface area contributed by atoms with Gasteiger partial charge in [0.15, 0.2) is 0 Å². The van der Waals surface area contributed by atoms with Gasteiger partial charge in [0.25, 0.3) is 0 Å². The van der Waals surface area contributed by atoms with Gasteiger partial charge in [-0.1, -0.05) is 12.1 Å². The van der Waals surface area contributed by atoms with Crippen molar-refractivity contribution in [1.82, 2.24) is 0 Å². The standard InChI is InChI=1S/C11H11F3O/c12-11(13,14)9-3-1-7(2-4-9)10-5-8(10)6-15/h1-4,8,10,15H,5-6H2/t8-,10+/m0/s1. The first-order valence-electron chi connectivity index (χ1n) is 4.80. The van der Waals surface area contributed by atoms with E-state index in [1.807, 2.05) is 0 Å². The molecule has 1 aliphatic carbocycles. The van der Waals surface area contributed by atoms with Gasteiger partial charge in [-0.25, -0.2) is 0 Å². The first-order valence-corrected chi connectivity index (χ1v) is 4.80. The molecule has 0 unspecified atom stereocenters. The molecule has 0 spiro atoms. The third kappa shape index (κ3) is 2.15. The van der Waals surface area contributed by atoms with Gasteiger partial charge in [0.1, 0.15) is 0 Å². The quantitative estimate of drug-likeness (QED) is 0.805. The third-order valence-electron chi connectivity index (χ3n) is 2.82. The van der Waals surface area contributed by atoms with Crippen molar-refractivity contribution in [3.05, 3.63) is 35.4 Å². The zero-order valence-corrected chi connectivity index (χ0v) is 7.96. The van der Waals surface area contributed by atoms with Gasteiger partial charge >= 0.3 is 6.18 Å². The Hall–Kier alpha value is -1.03. The summed E-state index contributed by atoms with van der Waals surface area (Å²) in [5.41, 5.74) is 0.273. The van der Waals surface area contributed by atoms with Gasteiger partial charge in [-0.15, -0.1) is 0 Å². The highest BCUT2D eigenvalue weighted by atomic mass is 19.4. The molecule has 4 heteroatoms. The van der Waals surface area contributed by atoms with Gasteiger partial charge in [-0.2, -0.15) is 13.2 Å². The van der Waals surface area contributed by atoms with Crippen LogP contribution in [0.5, 0.6) is 0 Å². The van der Waals surface area contributed by atoms with E-state index >= 15 is 0 Å². The van der Waals surface area contributed by atoms with E-state index < -0.39 is 11.7 Å². The number of aliphatic hydroxyl groups is 1. The summed E-state index contributed by atoms with van der Waals surface area (Å²) in [5.74, 6) is 0.485. The number of benzene rings is 1. The van der Waals surface area contributed by atoms with Crippen molar-refractivity contribution >= 4 is 0 Å². The van der Waals surface area contributed by atoms with Crippen molar-refractivity contribution in [3.8, 4) is 0 Å². The van der Waals surface area contributed by atoms with Crippen molar-refractivity contribution < 1.29 is 18.3 Å². The van der Waals surface area contributed by atoms with E-state index in [1.54, 1.807) is 0 Å². The fourth-order valence-electron chi connectivity index (χ4n) is 1.78. The Morgan fingerprint density at radius 1 is 1.20 bits per heavy atom. The van der Waals surface area contributed by atoms with E-state index in [2.05, 4.69) is 0 Å². The second-order valence-corrected chi connectivity index (χ2v) is 3.90. The highest BCUT2D eigenvalue weighted by Crippen LogP contribution is 2.47. The third-order valence-corrected chi connectivity index (χ3v) is 2.82. The molecule has 0 aromatic heterocycles. The Morgan fingerprint density at radius 3 is 2.20 bits per heavy atom. The zero-order valence-electron chi connectivity index (χ0n) is 7.96. The van der Waals surface area contributed by atoms with Crippen molar-refractivity contribution in [2.24, 2.45) is 5.92 Å². The van der Waals surface area contributed by atoms with Crippen molar-refractivity contribution in [1.29, 1.82) is 0 Å². The highest BCUT2D eigenvalue weighted by molar-refractivity contribution is 5.30. The van der Waals surface area contributed by atoms with Crippen LogP contribution in [0, 0.1) is 5.92 Å². The number of hydrogen-bond donors (Lipinski definition) is 1. The van der Waals surface area contributed by atoms with Crippen LogP contribution in [0.25, 0.3) is 0 Å². The molecule has 0 radical (unpaired) electrons. The number of hydrogen-bond acceptors (Lipinski definition) is 1. The molecule has 1 fully saturated rings. The van der Waals surface area contributed by atoms with Crippen LogP contribution in [-0.2, 0) is 6.18 Å². The summed E-state index contributed by atoms with van der Waals surface area (Å²) in [7, 11) is 0. The average molecular weight is 216 g/mol. The number of aliphatic hydroxyl groups excluding tert-OH is 1. The highest BCUT2D eigenvalue weighted by Gasteiger charge is 2.38. The van der Waals surface area contributed by atoms with E-state index in [-0.39, 0.29) is 18.4 Å². The molecule has 1 aromatic carbocycles. The van der Waals surface area contributed by atoms with Gasteiger partial charge in [-0.3, -0.25) is 0 Å². The zero-order chi connectivity index (χ0) is 11.1. The summed E-state index contributed by atoms with van der Waals surface area (Å²) in [6.45, 7) is 0.117. The summed E-state index contributed by atoms with van der Waals surface area (Å²) in [4.78, 5) is 0. The van der Waals surface area contributed by atoms with Gasteiger partial charge in [0.05, 0.1) is 5.56 Å². The Labute approximate surface area is 85.5 Å². The average Bonchev–Trinajstić information content (AvgIpc) is 2.95. The molecule has 1 aliphatic rings. The Kier molecular flexibility index (Phi) is 2.46. The summed E-state index contributed by atoms with van der Waals surface area (Å²) in [6, 6.07) is 5.20. The lowest BCUT2D eigenvalue weighted by molar-refractivity contribution is -0.137. The lowest BCUT2D eigenvalue weighted by Gasteiger charge is -2.07. The molecule has 15 heavy (non-hydrogen) atoms. The minimum atomic E-state index is -4.27. The summed E-state index contributed by atoms with van der Waals surface area (Å²) in [5, 5.41) is 8.84. The molecular weight excluding hydrogens is 205 g/mol. The van der Waals surface area contributed by atoms with Crippen LogP contribution in [0.2, 0.25) is 0 Å². The summed E-state index contributed by atoms with van der Waals surface area (Å²) < 4.78 is 36.7. The van der Waals surface area contributed by atoms with Crippen LogP contribution in [0.1, 0.15) is 23.5 Å². The van der Waals surface area contributed by atoms with E-state index in [0.29, 0.717) is 0 Å². The van der Waals surface area contributed by atoms with Crippen molar-refractivity contribution in [3.63, 3.8) is 0 Å². The largest absolute Gasteiger partial charge is 0.416 e.